The molecule has 4 amide bonds. The third kappa shape index (κ3) is 3.34. The van der Waals surface area contributed by atoms with E-state index in [2.05, 4.69) is 25.5 Å². The van der Waals surface area contributed by atoms with Gasteiger partial charge in [-0.25, -0.2) is 4.79 Å². The number of aromatic nitrogens is 3. The minimum atomic E-state index is -1.22. The minimum Gasteiger partial charge on any atom is -0.318 e. The fraction of sp³-hybridized carbons (Fsp3) is 0.450. The lowest BCUT2D eigenvalue weighted by atomic mass is 9.92. The number of hydrogen-bond donors (Lipinski definition) is 2. The van der Waals surface area contributed by atoms with Crippen molar-refractivity contribution in [1.82, 2.24) is 30.5 Å². The van der Waals surface area contributed by atoms with E-state index in [4.69, 9.17) is 0 Å². The molecule has 0 radical (unpaired) electrons. The lowest BCUT2D eigenvalue weighted by Gasteiger charge is -2.22. The van der Waals surface area contributed by atoms with Crippen LogP contribution in [-0.4, -0.2) is 43.4 Å². The van der Waals surface area contributed by atoms with Gasteiger partial charge in [0.1, 0.15) is 11.4 Å². The summed E-state index contributed by atoms with van der Waals surface area (Å²) in [4.78, 5) is 37.7. The predicted molar refractivity (Wildman–Crippen MR) is 108 cm³/mol. The van der Waals surface area contributed by atoms with Crippen molar-refractivity contribution < 1.29 is 14.4 Å². The van der Waals surface area contributed by atoms with Gasteiger partial charge in [-0.2, -0.15) is 5.01 Å². The molecule has 2 heterocycles. The summed E-state index contributed by atoms with van der Waals surface area (Å²) in [5.41, 5.74) is 1.87. The molecule has 2 aromatic rings. The Morgan fingerprint density at radius 2 is 1.93 bits per heavy atom. The second kappa shape index (κ2) is 7.12. The van der Waals surface area contributed by atoms with E-state index in [1.165, 1.54) is 11.8 Å². The highest BCUT2D eigenvalue weighted by molar-refractivity contribution is 7.99. The molecule has 0 spiro atoms. The molecule has 1 unspecified atom stereocenters. The first-order valence-electron chi connectivity index (χ1n) is 10.1. The number of thioether (sulfide) groups is 1. The second-order valence-corrected chi connectivity index (χ2v) is 9.04. The van der Waals surface area contributed by atoms with Crippen molar-refractivity contribution in [3.63, 3.8) is 0 Å². The number of imide groups is 1. The van der Waals surface area contributed by atoms with Crippen molar-refractivity contribution in [3.8, 4) is 0 Å². The zero-order valence-corrected chi connectivity index (χ0v) is 17.3. The van der Waals surface area contributed by atoms with Crippen LogP contribution in [-0.2, 0) is 15.1 Å². The Balaban J connectivity index is 1.24. The average Bonchev–Trinajstić information content (AvgIpc) is 3.68. The van der Waals surface area contributed by atoms with Gasteiger partial charge in [0.2, 0.25) is 5.91 Å². The van der Waals surface area contributed by atoms with Crippen molar-refractivity contribution >= 4 is 29.6 Å². The van der Waals surface area contributed by atoms with E-state index in [1.54, 1.807) is 31.2 Å². The van der Waals surface area contributed by atoms with Crippen LogP contribution in [0.4, 0.5) is 4.79 Å². The van der Waals surface area contributed by atoms with Gasteiger partial charge in [-0.05, 0) is 38.2 Å². The van der Waals surface area contributed by atoms with Gasteiger partial charge in [0.15, 0.2) is 5.16 Å². The van der Waals surface area contributed by atoms with Gasteiger partial charge in [-0.1, -0.05) is 42.1 Å². The van der Waals surface area contributed by atoms with E-state index in [0.717, 1.165) is 41.7 Å². The predicted octanol–water partition coefficient (Wildman–Crippen LogP) is 2.08. The Bertz CT molecular complexity index is 1020. The SMILES string of the molecule is CC1(c2ccccc2)NC(=O)N(NC(=O)CSc2nnc(C3CC3)n2C2CC2)C1=O. The molecule has 3 fully saturated rings. The molecule has 1 atom stereocenters. The standard InChI is InChI=1S/C20H22N6O3S/c1-20(13-5-3-2-4-6-13)17(28)26(18(29)21-20)24-15(27)11-30-19-23-22-16(12-7-8-12)25(19)14-9-10-14/h2-6,12,14H,7-11H2,1H3,(H,21,29)(H,24,27). The van der Waals surface area contributed by atoms with Crippen LogP contribution in [0.25, 0.3) is 0 Å². The number of hydrogen-bond acceptors (Lipinski definition) is 6. The normalized spacial score (nSPS) is 23.6. The first-order valence-corrected chi connectivity index (χ1v) is 11.1. The number of benzene rings is 1. The minimum absolute atomic E-state index is 0.0363. The Kier molecular flexibility index (Phi) is 4.53. The van der Waals surface area contributed by atoms with Gasteiger partial charge in [0.05, 0.1) is 5.75 Å². The van der Waals surface area contributed by atoms with E-state index < -0.39 is 23.4 Å². The first-order chi connectivity index (χ1) is 14.5. The quantitative estimate of drug-likeness (QED) is 0.518. The van der Waals surface area contributed by atoms with Crippen LogP contribution in [0.3, 0.4) is 0 Å². The number of carbonyl (C=O) groups excluding carboxylic acids is 3. The summed E-state index contributed by atoms with van der Waals surface area (Å²) in [6.45, 7) is 1.63. The van der Waals surface area contributed by atoms with Gasteiger partial charge in [0.25, 0.3) is 5.91 Å². The number of nitrogens with zero attached hydrogens (tertiary/aromatic N) is 4. The number of nitrogens with one attached hydrogen (secondary N) is 2. The molecule has 2 saturated carbocycles. The maximum atomic E-state index is 12.9. The molecule has 5 rings (SSSR count). The molecule has 30 heavy (non-hydrogen) atoms. The fourth-order valence-electron chi connectivity index (χ4n) is 3.68. The summed E-state index contributed by atoms with van der Waals surface area (Å²) in [5.74, 6) is 0.582. The zero-order valence-electron chi connectivity index (χ0n) is 16.5. The van der Waals surface area contributed by atoms with Crippen molar-refractivity contribution in [2.24, 2.45) is 0 Å². The van der Waals surface area contributed by atoms with Gasteiger partial charge in [-0.15, -0.1) is 10.2 Å². The lowest BCUT2D eigenvalue weighted by molar-refractivity contribution is -0.138. The molecule has 3 aliphatic rings. The Labute approximate surface area is 177 Å². The molecule has 0 bridgehead atoms. The number of hydrazine groups is 1. The topological polar surface area (TPSA) is 109 Å². The van der Waals surface area contributed by atoms with Crippen LogP contribution in [0, 0.1) is 0 Å². The number of carbonyl (C=O) groups is 3. The molecule has 1 saturated heterocycles. The number of rotatable bonds is 7. The van der Waals surface area contributed by atoms with Gasteiger partial charge in [-0.3, -0.25) is 15.0 Å². The second-order valence-electron chi connectivity index (χ2n) is 8.10. The molecule has 1 aromatic heterocycles. The Morgan fingerprint density at radius 1 is 1.20 bits per heavy atom. The zero-order chi connectivity index (χ0) is 20.9. The Morgan fingerprint density at radius 3 is 2.60 bits per heavy atom. The summed E-state index contributed by atoms with van der Waals surface area (Å²) in [5, 5.41) is 12.8. The van der Waals surface area contributed by atoms with Crippen LogP contribution in [0.15, 0.2) is 35.5 Å². The van der Waals surface area contributed by atoms with Gasteiger partial charge >= 0.3 is 6.03 Å². The summed E-state index contributed by atoms with van der Waals surface area (Å²) < 4.78 is 2.16. The van der Waals surface area contributed by atoms with E-state index in [0.29, 0.717) is 17.5 Å². The van der Waals surface area contributed by atoms with Crippen molar-refractivity contribution in [3.05, 3.63) is 41.7 Å². The van der Waals surface area contributed by atoms with Crippen molar-refractivity contribution in [2.75, 3.05) is 5.75 Å². The van der Waals surface area contributed by atoms with Crippen molar-refractivity contribution in [2.45, 2.75) is 55.3 Å². The van der Waals surface area contributed by atoms with E-state index in [1.807, 2.05) is 6.07 Å². The van der Waals surface area contributed by atoms with Crippen LogP contribution in [0.1, 0.15) is 56.0 Å². The summed E-state index contributed by atoms with van der Waals surface area (Å²) in [6.07, 6.45) is 4.50. The Hall–Kier alpha value is -2.88. The maximum Gasteiger partial charge on any atom is 0.344 e. The molecule has 1 aliphatic heterocycles. The highest BCUT2D eigenvalue weighted by Gasteiger charge is 2.50. The van der Waals surface area contributed by atoms with Gasteiger partial charge < -0.3 is 9.88 Å². The highest BCUT2D eigenvalue weighted by atomic mass is 32.2. The largest absolute Gasteiger partial charge is 0.344 e. The average molecular weight is 427 g/mol. The lowest BCUT2D eigenvalue weighted by Crippen LogP contribution is -2.48. The summed E-state index contributed by atoms with van der Waals surface area (Å²) in [7, 11) is 0. The smallest absolute Gasteiger partial charge is 0.318 e. The summed E-state index contributed by atoms with van der Waals surface area (Å²) in [6, 6.07) is 8.73. The van der Waals surface area contributed by atoms with Crippen LogP contribution in [0.5, 0.6) is 0 Å². The third-order valence-electron chi connectivity index (χ3n) is 5.66. The van der Waals surface area contributed by atoms with E-state index in [-0.39, 0.29) is 5.75 Å². The van der Waals surface area contributed by atoms with Crippen LogP contribution < -0.4 is 10.7 Å². The van der Waals surface area contributed by atoms with Gasteiger partial charge in [0, 0.05) is 12.0 Å². The maximum absolute atomic E-state index is 12.9. The molecular formula is C20H22N6O3S. The number of amides is 4. The summed E-state index contributed by atoms with van der Waals surface area (Å²) >= 11 is 1.28. The molecule has 2 N–H and O–H groups in total. The molecule has 1 aromatic carbocycles. The first kappa shape index (κ1) is 19.1. The molecule has 9 nitrogen and oxygen atoms in total. The van der Waals surface area contributed by atoms with Crippen LogP contribution in [0.2, 0.25) is 0 Å². The van der Waals surface area contributed by atoms with E-state index >= 15 is 0 Å². The molecule has 2 aliphatic carbocycles. The third-order valence-corrected chi connectivity index (χ3v) is 6.60. The monoisotopic (exact) mass is 426 g/mol. The highest BCUT2D eigenvalue weighted by Crippen LogP contribution is 2.46. The molecular weight excluding hydrogens is 404 g/mol. The van der Waals surface area contributed by atoms with Crippen LogP contribution >= 0.6 is 11.8 Å². The fourth-order valence-corrected chi connectivity index (χ4v) is 4.48. The molecule has 156 valence electrons. The number of urea groups is 1. The molecule has 10 heteroatoms. The van der Waals surface area contributed by atoms with Crippen molar-refractivity contribution in [1.29, 1.82) is 0 Å². The van der Waals surface area contributed by atoms with E-state index in [9.17, 15) is 14.4 Å².